The van der Waals surface area contributed by atoms with E-state index < -0.39 is 10.5 Å². The SMILES string of the molecule is CC[C+]1c2ccccc2Cc2c1ccc1ccccc21.O=S(=O)([O-])F. The van der Waals surface area contributed by atoms with Crippen molar-refractivity contribution in [1.29, 1.82) is 0 Å². The molecule has 3 aromatic rings. The Balaban J connectivity index is 0.000000324. The number of fused-ring (bicyclic) bond motifs is 4. The largest absolute Gasteiger partial charge is 0.722 e. The maximum atomic E-state index is 10.1. The first-order valence-electron chi connectivity index (χ1n) is 7.99. The summed E-state index contributed by atoms with van der Waals surface area (Å²) in [6, 6.07) is 22.2. The summed E-state index contributed by atoms with van der Waals surface area (Å²) in [5.74, 6) is 1.49. The highest BCUT2D eigenvalue weighted by Crippen LogP contribution is 2.40. The van der Waals surface area contributed by atoms with E-state index in [9.17, 15) is 3.89 Å². The first kappa shape index (κ1) is 17.5. The van der Waals surface area contributed by atoms with Crippen molar-refractivity contribution >= 4 is 21.3 Å². The Morgan fingerprint density at radius 2 is 1.64 bits per heavy atom. The highest BCUT2D eigenvalue weighted by molar-refractivity contribution is 7.80. The Morgan fingerprint density at radius 3 is 2.36 bits per heavy atom. The maximum absolute atomic E-state index is 10.1. The van der Waals surface area contributed by atoms with Gasteiger partial charge in [0.2, 0.25) is 0 Å². The lowest BCUT2D eigenvalue weighted by Crippen LogP contribution is -2.14. The van der Waals surface area contributed by atoms with E-state index in [0.29, 0.717) is 0 Å². The lowest BCUT2D eigenvalue weighted by atomic mass is 9.75. The van der Waals surface area contributed by atoms with Gasteiger partial charge in [-0.1, -0.05) is 25.1 Å². The summed E-state index contributed by atoms with van der Waals surface area (Å²) >= 11 is 0. The lowest BCUT2D eigenvalue weighted by molar-refractivity contribution is 0.417. The molecule has 0 atom stereocenters. The van der Waals surface area contributed by atoms with E-state index in [4.69, 9.17) is 13.0 Å². The molecule has 0 aromatic heterocycles. The van der Waals surface area contributed by atoms with Crippen LogP contribution in [0.2, 0.25) is 0 Å². The van der Waals surface area contributed by atoms with E-state index in [1.54, 1.807) is 0 Å². The van der Waals surface area contributed by atoms with Crippen LogP contribution in [0.25, 0.3) is 10.8 Å². The molecule has 3 aromatic carbocycles. The summed E-state index contributed by atoms with van der Waals surface area (Å²) in [5.41, 5.74) is 5.86. The quantitative estimate of drug-likeness (QED) is 0.365. The average molecular weight is 356 g/mol. The van der Waals surface area contributed by atoms with Gasteiger partial charge in [0, 0.05) is 34.6 Å². The van der Waals surface area contributed by atoms with Gasteiger partial charge in [-0.25, -0.2) is 8.42 Å². The third kappa shape index (κ3) is 3.83. The van der Waals surface area contributed by atoms with Crippen molar-refractivity contribution in [2.75, 3.05) is 0 Å². The summed E-state index contributed by atoms with van der Waals surface area (Å²) in [6.45, 7) is 2.26. The van der Waals surface area contributed by atoms with Crippen LogP contribution in [-0.4, -0.2) is 13.0 Å². The molecule has 0 N–H and O–H groups in total. The van der Waals surface area contributed by atoms with Crippen molar-refractivity contribution in [2.24, 2.45) is 0 Å². The topological polar surface area (TPSA) is 57.2 Å². The summed E-state index contributed by atoms with van der Waals surface area (Å²) in [4.78, 5) is 0. The normalized spacial score (nSPS) is 12.8. The molecule has 0 saturated heterocycles. The van der Waals surface area contributed by atoms with Crippen LogP contribution in [0, 0.1) is 5.92 Å². The average Bonchev–Trinajstić information content (AvgIpc) is 2.58. The minimum atomic E-state index is -5.42. The molecule has 0 fully saturated rings. The number of halogens is 1. The molecule has 0 unspecified atom stereocenters. The molecule has 3 nitrogen and oxygen atoms in total. The predicted molar refractivity (Wildman–Crippen MR) is 95.7 cm³/mol. The molecule has 0 saturated carbocycles. The maximum Gasteiger partial charge on any atom is 0.255 e. The molecule has 0 spiro atoms. The summed E-state index contributed by atoms with van der Waals surface area (Å²) in [5, 5.41) is 2.76. The van der Waals surface area contributed by atoms with Gasteiger partial charge in [-0.15, -0.1) is 3.89 Å². The molecule has 1 aliphatic carbocycles. The molecule has 1 aliphatic rings. The van der Waals surface area contributed by atoms with Crippen molar-refractivity contribution in [3.05, 3.63) is 88.8 Å². The standard InChI is InChI=1S/C20H17.FHO3S/c1-2-16-18-10-6-4-8-15(18)13-20-17-9-5-3-7-14(17)11-12-19(16)20;1-5(2,3)4/h3-12H,2,13H2,1H3;(H,2,3,4)/q+1;/p-1. The van der Waals surface area contributed by atoms with E-state index >= 15 is 0 Å². The molecule has 128 valence electrons. The first-order chi connectivity index (χ1) is 11.9. The third-order valence-electron chi connectivity index (χ3n) is 4.43. The molecular formula is C20H17FO3S. The van der Waals surface area contributed by atoms with Gasteiger partial charge in [0.05, 0.1) is 17.5 Å². The van der Waals surface area contributed by atoms with Crippen molar-refractivity contribution < 1.29 is 16.9 Å². The molecular weight excluding hydrogens is 339 g/mol. The van der Waals surface area contributed by atoms with Gasteiger partial charge < -0.3 is 4.55 Å². The Labute approximate surface area is 147 Å². The van der Waals surface area contributed by atoms with E-state index in [-0.39, 0.29) is 0 Å². The summed E-state index contributed by atoms with van der Waals surface area (Å²) in [7, 11) is -5.42. The molecule has 4 rings (SSSR count). The zero-order chi connectivity index (χ0) is 18.0. The Morgan fingerprint density at radius 1 is 1.00 bits per heavy atom. The summed E-state index contributed by atoms with van der Waals surface area (Å²) < 4.78 is 35.3. The van der Waals surface area contributed by atoms with Crippen LogP contribution in [0.3, 0.4) is 0 Å². The van der Waals surface area contributed by atoms with E-state index in [1.807, 2.05) is 0 Å². The molecule has 25 heavy (non-hydrogen) atoms. The van der Waals surface area contributed by atoms with Crippen LogP contribution in [-0.2, 0) is 16.9 Å². The molecule has 5 heteroatoms. The highest BCUT2D eigenvalue weighted by Gasteiger charge is 2.31. The van der Waals surface area contributed by atoms with Crippen molar-refractivity contribution in [2.45, 2.75) is 19.8 Å². The zero-order valence-corrected chi connectivity index (χ0v) is 14.5. The van der Waals surface area contributed by atoms with Crippen LogP contribution in [0.15, 0.2) is 60.7 Å². The number of hydrogen-bond donors (Lipinski definition) is 0. The van der Waals surface area contributed by atoms with E-state index in [0.717, 1.165) is 12.8 Å². The number of benzene rings is 3. The van der Waals surface area contributed by atoms with Crippen LogP contribution in [0.5, 0.6) is 0 Å². The van der Waals surface area contributed by atoms with Crippen LogP contribution in [0.1, 0.15) is 35.6 Å². The fraction of sp³-hybridized carbons (Fsp3) is 0.150. The minimum absolute atomic E-state index is 1.05. The van der Waals surface area contributed by atoms with E-state index in [2.05, 4.69) is 67.6 Å². The van der Waals surface area contributed by atoms with Gasteiger partial charge in [0.15, 0.2) is 0 Å². The van der Waals surface area contributed by atoms with Gasteiger partial charge in [-0.3, -0.25) is 0 Å². The highest BCUT2D eigenvalue weighted by atomic mass is 32.3. The van der Waals surface area contributed by atoms with Crippen LogP contribution < -0.4 is 0 Å². The van der Waals surface area contributed by atoms with Gasteiger partial charge in [0.25, 0.3) is 10.5 Å². The lowest BCUT2D eigenvalue weighted by Gasteiger charge is -2.22. The molecule has 0 aliphatic heterocycles. The summed E-state index contributed by atoms with van der Waals surface area (Å²) in [6.07, 6.45) is 2.14. The van der Waals surface area contributed by atoms with Crippen molar-refractivity contribution in [1.82, 2.24) is 0 Å². The first-order valence-corrected chi connectivity index (χ1v) is 9.30. The van der Waals surface area contributed by atoms with Crippen molar-refractivity contribution in [3.63, 3.8) is 0 Å². The second-order valence-electron chi connectivity index (χ2n) is 5.87. The second-order valence-corrected chi connectivity index (χ2v) is 6.66. The molecule has 0 heterocycles. The molecule has 0 amide bonds. The zero-order valence-electron chi connectivity index (χ0n) is 13.7. The van der Waals surface area contributed by atoms with Gasteiger partial charge in [-0.05, 0) is 42.1 Å². The third-order valence-corrected chi connectivity index (χ3v) is 4.43. The Hall–Kier alpha value is -2.37. The smallest absolute Gasteiger partial charge is 0.255 e. The Kier molecular flexibility index (Phi) is 4.79. The van der Waals surface area contributed by atoms with Crippen molar-refractivity contribution in [3.8, 4) is 0 Å². The van der Waals surface area contributed by atoms with Gasteiger partial charge in [-0.2, -0.15) is 0 Å². The number of rotatable bonds is 1. The molecule has 0 bridgehead atoms. The van der Waals surface area contributed by atoms with Crippen LogP contribution >= 0.6 is 0 Å². The Bertz CT molecular complexity index is 1000. The predicted octanol–water partition coefficient (Wildman–Crippen LogP) is 4.54. The second kappa shape index (κ2) is 6.86. The van der Waals surface area contributed by atoms with Gasteiger partial charge >= 0.3 is 0 Å². The monoisotopic (exact) mass is 356 g/mol. The minimum Gasteiger partial charge on any atom is -0.722 e. The van der Waals surface area contributed by atoms with E-state index in [1.165, 1.54) is 38.9 Å². The fourth-order valence-electron chi connectivity index (χ4n) is 3.49. The fourth-order valence-corrected chi connectivity index (χ4v) is 3.49. The number of hydrogen-bond acceptors (Lipinski definition) is 3. The van der Waals surface area contributed by atoms with Gasteiger partial charge in [0.1, 0.15) is 0 Å². The molecule has 0 radical (unpaired) electrons. The van der Waals surface area contributed by atoms with Crippen LogP contribution in [0.4, 0.5) is 3.89 Å².